The molecule has 94 valence electrons. The highest BCUT2D eigenvalue weighted by atomic mass is 16.4. The number of oxime groups is 1. The Labute approximate surface area is 97.3 Å². The molecule has 3 N–H and O–H groups in total. The van der Waals surface area contributed by atoms with E-state index in [1.54, 1.807) is 4.90 Å². The van der Waals surface area contributed by atoms with Crippen LogP contribution in [0.15, 0.2) is 5.16 Å². The molecule has 0 aliphatic carbocycles. The Kier molecular flexibility index (Phi) is 6.53. The third-order valence-electron chi connectivity index (χ3n) is 2.51. The number of amidine groups is 1. The van der Waals surface area contributed by atoms with Gasteiger partial charge in [0.2, 0.25) is 5.91 Å². The molecule has 0 aromatic carbocycles. The highest BCUT2D eigenvalue weighted by molar-refractivity contribution is 5.87. The van der Waals surface area contributed by atoms with Crippen LogP contribution in [-0.4, -0.2) is 34.4 Å². The van der Waals surface area contributed by atoms with E-state index in [1.807, 2.05) is 27.7 Å². The largest absolute Gasteiger partial charge is 0.409 e. The summed E-state index contributed by atoms with van der Waals surface area (Å²) in [4.78, 5) is 13.7. The van der Waals surface area contributed by atoms with Crippen molar-refractivity contribution in [1.29, 1.82) is 0 Å². The standard InChI is InChI=1S/C11H23N3O2/c1-5-6-9(4)11(15)14(8(2)3)7-10(12)13-16/h8-9,16H,5-7H2,1-4H3,(H2,12,13). The number of hydrogen-bond acceptors (Lipinski definition) is 3. The number of rotatable bonds is 6. The van der Waals surface area contributed by atoms with E-state index in [0.717, 1.165) is 12.8 Å². The molecule has 0 spiro atoms. The maximum atomic E-state index is 12.1. The molecule has 0 aliphatic heterocycles. The van der Waals surface area contributed by atoms with E-state index in [4.69, 9.17) is 10.9 Å². The number of nitrogens with zero attached hydrogens (tertiary/aromatic N) is 2. The van der Waals surface area contributed by atoms with E-state index >= 15 is 0 Å². The zero-order chi connectivity index (χ0) is 12.7. The predicted molar refractivity (Wildman–Crippen MR) is 64.3 cm³/mol. The third kappa shape index (κ3) is 4.51. The van der Waals surface area contributed by atoms with Gasteiger partial charge in [0.15, 0.2) is 5.84 Å². The van der Waals surface area contributed by atoms with Gasteiger partial charge >= 0.3 is 0 Å². The van der Waals surface area contributed by atoms with Crippen LogP contribution in [0.25, 0.3) is 0 Å². The average Bonchev–Trinajstić information content (AvgIpc) is 2.24. The quantitative estimate of drug-likeness (QED) is 0.313. The van der Waals surface area contributed by atoms with Crippen LogP contribution in [-0.2, 0) is 4.79 Å². The zero-order valence-electron chi connectivity index (χ0n) is 10.6. The van der Waals surface area contributed by atoms with Gasteiger partial charge in [0, 0.05) is 12.0 Å². The van der Waals surface area contributed by atoms with Crippen molar-refractivity contribution in [2.24, 2.45) is 16.8 Å². The summed E-state index contributed by atoms with van der Waals surface area (Å²) >= 11 is 0. The molecule has 16 heavy (non-hydrogen) atoms. The first-order valence-corrected chi connectivity index (χ1v) is 5.70. The maximum absolute atomic E-state index is 12.1. The summed E-state index contributed by atoms with van der Waals surface area (Å²) in [7, 11) is 0. The van der Waals surface area contributed by atoms with E-state index in [9.17, 15) is 4.79 Å². The van der Waals surface area contributed by atoms with Crippen molar-refractivity contribution >= 4 is 11.7 Å². The van der Waals surface area contributed by atoms with E-state index in [0.29, 0.717) is 0 Å². The van der Waals surface area contributed by atoms with Crippen LogP contribution >= 0.6 is 0 Å². The van der Waals surface area contributed by atoms with Gasteiger partial charge < -0.3 is 15.8 Å². The second kappa shape index (κ2) is 7.09. The van der Waals surface area contributed by atoms with E-state index in [1.165, 1.54) is 0 Å². The number of carbonyl (C=O) groups is 1. The molecule has 1 unspecified atom stereocenters. The van der Waals surface area contributed by atoms with Crippen molar-refractivity contribution in [3.8, 4) is 0 Å². The van der Waals surface area contributed by atoms with Crippen molar-refractivity contribution in [2.75, 3.05) is 6.54 Å². The summed E-state index contributed by atoms with van der Waals surface area (Å²) in [6.07, 6.45) is 1.83. The Morgan fingerprint density at radius 2 is 2.00 bits per heavy atom. The number of nitrogens with two attached hydrogens (primary N) is 1. The summed E-state index contributed by atoms with van der Waals surface area (Å²) in [6, 6.07) is 0.0482. The normalized spacial score (nSPS) is 13.9. The maximum Gasteiger partial charge on any atom is 0.226 e. The van der Waals surface area contributed by atoms with Crippen LogP contribution in [0.5, 0.6) is 0 Å². The van der Waals surface area contributed by atoms with Crippen LogP contribution in [0, 0.1) is 5.92 Å². The number of carbonyl (C=O) groups excluding carboxylic acids is 1. The van der Waals surface area contributed by atoms with E-state index < -0.39 is 0 Å². The van der Waals surface area contributed by atoms with Crippen molar-refractivity contribution in [1.82, 2.24) is 4.90 Å². The average molecular weight is 229 g/mol. The van der Waals surface area contributed by atoms with Gasteiger partial charge in [0.05, 0.1) is 6.54 Å². The topological polar surface area (TPSA) is 78.9 Å². The van der Waals surface area contributed by atoms with Crippen LogP contribution in [0.4, 0.5) is 0 Å². The van der Waals surface area contributed by atoms with Crippen LogP contribution < -0.4 is 5.73 Å². The molecule has 0 saturated carbocycles. The van der Waals surface area contributed by atoms with Gasteiger partial charge in [-0.25, -0.2) is 0 Å². The van der Waals surface area contributed by atoms with Gasteiger partial charge in [-0.1, -0.05) is 25.4 Å². The molecule has 0 heterocycles. The molecule has 0 fully saturated rings. The summed E-state index contributed by atoms with van der Waals surface area (Å²) in [5, 5.41) is 11.4. The highest BCUT2D eigenvalue weighted by Crippen LogP contribution is 2.11. The second-order valence-corrected chi connectivity index (χ2v) is 4.34. The van der Waals surface area contributed by atoms with Gasteiger partial charge in [-0.05, 0) is 20.3 Å². The minimum Gasteiger partial charge on any atom is -0.409 e. The smallest absolute Gasteiger partial charge is 0.226 e. The Hall–Kier alpha value is -1.26. The van der Waals surface area contributed by atoms with Crippen molar-refractivity contribution in [2.45, 2.75) is 46.6 Å². The molecule has 5 nitrogen and oxygen atoms in total. The van der Waals surface area contributed by atoms with E-state index in [-0.39, 0.29) is 30.2 Å². The van der Waals surface area contributed by atoms with E-state index in [2.05, 4.69) is 5.16 Å². The predicted octanol–water partition coefficient (Wildman–Crippen LogP) is 1.41. The highest BCUT2D eigenvalue weighted by Gasteiger charge is 2.22. The van der Waals surface area contributed by atoms with Crippen molar-refractivity contribution in [3.63, 3.8) is 0 Å². The lowest BCUT2D eigenvalue weighted by Gasteiger charge is -2.28. The lowest BCUT2D eigenvalue weighted by Crippen LogP contribution is -2.45. The van der Waals surface area contributed by atoms with Gasteiger partial charge in [-0.3, -0.25) is 4.79 Å². The van der Waals surface area contributed by atoms with Gasteiger partial charge in [0.25, 0.3) is 0 Å². The molecule has 1 atom stereocenters. The minimum atomic E-state index is -0.0149. The number of amides is 1. The second-order valence-electron chi connectivity index (χ2n) is 4.34. The lowest BCUT2D eigenvalue weighted by atomic mass is 10.0. The molecule has 0 bridgehead atoms. The molecule has 0 radical (unpaired) electrons. The summed E-state index contributed by atoms with van der Waals surface area (Å²) in [6.45, 7) is 7.98. The number of hydrogen-bond donors (Lipinski definition) is 2. The van der Waals surface area contributed by atoms with Gasteiger partial charge in [-0.15, -0.1) is 0 Å². The fourth-order valence-corrected chi connectivity index (χ4v) is 1.56. The molecule has 0 aromatic heterocycles. The van der Waals surface area contributed by atoms with Crippen LogP contribution in [0.2, 0.25) is 0 Å². The Balaban J connectivity index is 4.59. The Morgan fingerprint density at radius 3 is 2.38 bits per heavy atom. The third-order valence-corrected chi connectivity index (χ3v) is 2.51. The fourth-order valence-electron chi connectivity index (χ4n) is 1.56. The summed E-state index contributed by atoms with van der Waals surface area (Å²) in [5.41, 5.74) is 5.43. The first kappa shape index (κ1) is 14.7. The van der Waals surface area contributed by atoms with Gasteiger partial charge in [-0.2, -0.15) is 0 Å². The minimum absolute atomic E-state index is 0.0149. The van der Waals surface area contributed by atoms with Crippen molar-refractivity contribution in [3.05, 3.63) is 0 Å². The summed E-state index contributed by atoms with van der Waals surface area (Å²) < 4.78 is 0. The summed E-state index contributed by atoms with van der Waals surface area (Å²) in [5.74, 6) is 0.105. The monoisotopic (exact) mass is 229 g/mol. The van der Waals surface area contributed by atoms with Crippen molar-refractivity contribution < 1.29 is 10.0 Å². The molecule has 0 aromatic rings. The Morgan fingerprint density at radius 1 is 1.44 bits per heavy atom. The molecule has 0 aliphatic rings. The molecular weight excluding hydrogens is 206 g/mol. The first-order chi connectivity index (χ1) is 7.43. The zero-order valence-corrected chi connectivity index (χ0v) is 10.6. The molecule has 0 rings (SSSR count). The van der Waals surface area contributed by atoms with Gasteiger partial charge in [0.1, 0.15) is 0 Å². The van der Waals surface area contributed by atoms with Crippen LogP contribution in [0.1, 0.15) is 40.5 Å². The molecule has 0 saturated heterocycles. The molecule has 5 heteroatoms. The fraction of sp³-hybridized carbons (Fsp3) is 0.818. The first-order valence-electron chi connectivity index (χ1n) is 5.70. The SMILES string of the molecule is CCCC(C)C(=O)N(CC(N)=NO)C(C)C. The van der Waals surface area contributed by atoms with Crippen LogP contribution in [0.3, 0.4) is 0 Å². The molecular formula is C11H23N3O2. The molecule has 1 amide bonds. The Bertz CT molecular complexity index is 252. The lowest BCUT2D eigenvalue weighted by molar-refractivity contribution is -0.136.